The molecule has 3 aromatic rings. The molecule has 2 aromatic carbocycles. The van der Waals surface area contributed by atoms with Crippen LogP contribution in [-0.2, 0) is 25.7 Å². The van der Waals surface area contributed by atoms with E-state index in [4.69, 9.17) is 22.1 Å². The van der Waals surface area contributed by atoms with Crippen LogP contribution < -0.4 is 21.1 Å². The molecule has 0 bridgehead atoms. The zero-order valence-corrected chi connectivity index (χ0v) is 26.7. The van der Waals surface area contributed by atoms with Crippen LogP contribution in [0.2, 0.25) is 5.02 Å². The molecule has 0 saturated carbocycles. The second kappa shape index (κ2) is 14.5. The van der Waals surface area contributed by atoms with Crippen LogP contribution in [0.3, 0.4) is 0 Å². The first-order chi connectivity index (χ1) is 22.1. The molecule has 5 N–H and O–H groups in total. The molecule has 1 unspecified atom stereocenters. The van der Waals surface area contributed by atoms with Gasteiger partial charge >= 0.3 is 11.7 Å². The third-order valence-corrected chi connectivity index (χ3v) is 10.5. The number of carbonyl (C=O) groups excluding carboxylic acids is 3. The van der Waals surface area contributed by atoms with Crippen LogP contribution in [0, 0.1) is 10.1 Å². The number of halogens is 1. The summed E-state index contributed by atoms with van der Waals surface area (Å²) in [6.45, 7) is -0.420. The van der Waals surface area contributed by atoms with Crippen molar-refractivity contribution >= 4 is 75.8 Å². The molecule has 2 aliphatic rings. The van der Waals surface area contributed by atoms with Crippen LogP contribution in [0.15, 0.2) is 64.1 Å². The summed E-state index contributed by atoms with van der Waals surface area (Å²) in [5, 5.41) is 34.6. The van der Waals surface area contributed by atoms with Crippen LogP contribution in [0.4, 0.5) is 5.69 Å². The van der Waals surface area contributed by atoms with Crippen molar-refractivity contribution in [1.82, 2.24) is 25.7 Å². The number of thioether (sulfide) groups is 2. The number of nitrogens with one attached hydrogen (secondary N) is 2. The zero-order valence-electron chi connectivity index (χ0n) is 23.5. The van der Waals surface area contributed by atoms with Gasteiger partial charge in [0.15, 0.2) is 16.7 Å². The van der Waals surface area contributed by atoms with Gasteiger partial charge in [0.05, 0.1) is 4.92 Å². The zero-order chi connectivity index (χ0) is 33.0. The lowest BCUT2D eigenvalue weighted by molar-refractivity contribution is -0.385. The van der Waals surface area contributed by atoms with E-state index in [9.17, 15) is 34.4 Å². The Kier molecular flexibility index (Phi) is 10.4. The molecule has 1 aromatic heterocycles. The summed E-state index contributed by atoms with van der Waals surface area (Å²) in [7, 11) is 0. The lowest BCUT2D eigenvalue weighted by Crippen LogP contribution is -2.71. The number of nitrogens with two attached hydrogens (primary N) is 1. The standard InChI is InChI=1S/C27H24ClN7O8S3/c28-15-6-7-17(16(8-15)35(41)42)43-10-18(36)30-20(13-4-2-1-3-5-13)23(37)31-21-24(38)34-22(26(39)40)14(11-44-25(21)34)12-45-27-33-32-19(9-29)46-27/h1-8,20-21,25H,9-12,29H2,(H,30,36)(H,31,37)(H,39,40)/t20-,21?,25+/m1/s1. The van der Waals surface area contributed by atoms with Crippen molar-refractivity contribution in [2.24, 2.45) is 5.73 Å². The molecule has 0 aliphatic carbocycles. The Morgan fingerprint density at radius 2 is 2.00 bits per heavy atom. The second-order valence-electron chi connectivity index (χ2n) is 9.68. The van der Waals surface area contributed by atoms with E-state index in [1.807, 2.05) is 0 Å². The van der Waals surface area contributed by atoms with Gasteiger partial charge in [-0.2, -0.15) is 0 Å². The van der Waals surface area contributed by atoms with E-state index in [-0.39, 0.29) is 28.8 Å². The van der Waals surface area contributed by atoms with Crippen LogP contribution in [0.1, 0.15) is 16.6 Å². The number of aliphatic carboxylic acids is 1. The van der Waals surface area contributed by atoms with Crippen molar-refractivity contribution < 1.29 is 33.9 Å². The van der Waals surface area contributed by atoms with Crippen LogP contribution in [-0.4, -0.2) is 78.3 Å². The van der Waals surface area contributed by atoms with Crippen molar-refractivity contribution in [3.8, 4) is 5.75 Å². The number of nitro benzene ring substituents is 1. The summed E-state index contributed by atoms with van der Waals surface area (Å²) >= 11 is 9.73. The molecular formula is C27H24ClN7O8S3. The molecule has 3 atom stereocenters. The smallest absolute Gasteiger partial charge is 0.352 e. The number of carbonyl (C=O) groups is 4. The number of nitro groups is 1. The molecule has 240 valence electrons. The molecule has 1 fully saturated rings. The first kappa shape index (κ1) is 33.1. The maximum absolute atomic E-state index is 13.5. The quantitative estimate of drug-likeness (QED) is 0.0869. The lowest BCUT2D eigenvalue weighted by Gasteiger charge is -2.49. The van der Waals surface area contributed by atoms with Gasteiger partial charge in [-0.1, -0.05) is 65.0 Å². The number of aromatic nitrogens is 2. The minimum Gasteiger partial charge on any atom is -0.477 e. The van der Waals surface area contributed by atoms with Gasteiger partial charge in [0.1, 0.15) is 28.2 Å². The van der Waals surface area contributed by atoms with Gasteiger partial charge in [0.2, 0.25) is 5.91 Å². The average molecular weight is 706 g/mol. The Morgan fingerprint density at radius 3 is 2.67 bits per heavy atom. The number of nitrogens with zero attached hydrogens (tertiary/aromatic N) is 4. The number of amides is 3. The molecule has 19 heteroatoms. The highest BCUT2D eigenvalue weighted by molar-refractivity contribution is 8.01. The molecule has 2 aliphatic heterocycles. The number of fused-ring (bicyclic) bond motifs is 1. The third kappa shape index (κ3) is 7.26. The van der Waals surface area contributed by atoms with Crippen molar-refractivity contribution in [1.29, 1.82) is 0 Å². The summed E-state index contributed by atoms with van der Waals surface area (Å²) in [5.74, 6) is -2.99. The van der Waals surface area contributed by atoms with Crippen LogP contribution in [0.5, 0.6) is 5.75 Å². The maximum atomic E-state index is 13.5. The van der Waals surface area contributed by atoms with E-state index < -0.39 is 58.4 Å². The van der Waals surface area contributed by atoms with E-state index in [1.54, 1.807) is 30.3 Å². The number of carboxylic acids is 1. The lowest BCUT2D eigenvalue weighted by atomic mass is 10.0. The number of carboxylic acid groups (broad SMARTS) is 1. The van der Waals surface area contributed by atoms with Crippen molar-refractivity contribution in [2.45, 2.75) is 28.3 Å². The van der Waals surface area contributed by atoms with Gasteiger partial charge < -0.3 is 26.2 Å². The fraction of sp³-hybridized carbons (Fsp3) is 0.259. The third-order valence-electron chi connectivity index (χ3n) is 6.72. The highest BCUT2D eigenvalue weighted by Crippen LogP contribution is 2.42. The topological polar surface area (TPSA) is 220 Å². The van der Waals surface area contributed by atoms with Crippen LogP contribution >= 0.6 is 46.5 Å². The highest BCUT2D eigenvalue weighted by Gasteiger charge is 2.54. The second-order valence-corrected chi connectivity index (χ2v) is 13.5. The molecule has 0 spiro atoms. The minimum atomic E-state index is -1.27. The summed E-state index contributed by atoms with van der Waals surface area (Å²) in [6.07, 6.45) is 0. The van der Waals surface area contributed by atoms with Gasteiger partial charge in [-0.15, -0.1) is 22.0 Å². The fourth-order valence-corrected chi connectivity index (χ4v) is 8.03. The molecule has 0 radical (unpaired) electrons. The number of rotatable bonds is 13. The number of hydrogen-bond donors (Lipinski definition) is 4. The summed E-state index contributed by atoms with van der Waals surface area (Å²) in [4.78, 5) is 63.7. The Bertz CT molecular complexity index is 1720. The molecule has 3 heterocycles. The van der Waals surface area contributed by atoms with Crippen molar-refractivity contribution in [3.63, 3.8) is 0 Å². The number of ether oxygens (including phenoxy) is 1. The first-order valence-corrected chi connectivity index (χ1v) is 16.6. The van der Waals surface area contributed by atoms with Crippen LogP contribution in [0.25, 0.3) is 0 Å². The minimum absolute atomic E-state index is 0.111. The molecule has 1 saturated heterocycles. The Morgan fingerprint density at radius 1 is 1.24 bits per heavy atom. The van der Waals surface area contributed by atoms with E-state index in [1.165, 1.54) is 47.0 Å². The number of hydrogen-bond acceptors (Lipinski definition) is 13. The van der Waals surface area contributed by atoms with Gasteiger partial charge in [-0.05, 0) is 23.3 Å². The summed E-state index contributed by atoms with van der Waals surface area (Å²) < 4.78 is 5.97. The highest BCUT2D eigenvalue weighted by atomic mass is 35.5. The Hall–Kier alpha value is -4.23. The molecule has 46 heavy (non-hydrogen) atoms. The Labute approximate surface area is 278 Å². The summed E-state index contributed by atoms with van der Waals surface area (Å²) in [6, 6.07) is 9.62. The van der Waals surface area contributed by atoms with Crippen molar-refractivity contribution in [2.75, 3.05) is 18.1 Å². The normalized spacial score (nSPS) is 17.9. The molecular weight excluding hydrogens is 682 g/mol. The largest absolute Gasteiger partial charge is 0.477 e. The Balaban J connectivity index is 1.26. The van der Waals surface area contributed by atoms with Gasteiger partial charge in [0, 0.05) is 29.1 Å². The molecule has 5 rings (SSSR count). The molecule has 3 amide bonds. The van der Waals surface area contributed by atoms with E-state index >= 15 is 0 Å². The number of β-lactam (4-membered cyclic amide) rings is 1. The van der Waals surface area contributed by atoms with Crippen molar-refractivity contribution in [3.05, 3.63) is 85.5 Å². The SMILES string of the molecule is NCc1nnc(SCC2=C(C(=O)O)N3C(=O)C(NC(=O)[C@H](NC(=O)COc4ccc(Cl)cc4[N+](=O)[O-])c4ccccc4)[C@@H]3SC2)s1. The summed E-state index contributed by atoms with van der Waals surface area (Å²) in [5.41, 5.74) is 5.92. The predicted molar refractivity (Wildman–Crippen MR) is 169 cm³/mol. The van der Waals surface area contributed by atoms with E-state index in [0.717, 1.165) is 11.0 Å². The first-order valence-electron chi connectivity index (χ1n) is 13.3. The van der Waals surface area contributed by atoms with Gasteiger partial charge in [0.25, 0.3) is 11.8 Å². The maximum Gasteiger partial charge on any atom is 0.352 e. The van der Waals surface area contributed by atoms with E-state index in [2.05, 4.69) is 20.8 Å². The molecule has 15 nitrogen and oxygen atoms in total. The fourth-order valence-electron chi connectivity index (χ4n) is 4.61. The predicted octanol–water partition coefficient (Wildman–Crippen LogP) is 2.33. The van der Waals surface area contributed by atoms with E-state index in [0.29, 0.717) is 26.2 Å². The monoisotopic (exact) mass is 705 g/mol. The average Bonchev–Trinajstić information content (AvgIpc) is 3.52. The number of benzene rings is 2. The van der Waals surface area contributed by atoms with Gasteiger partial charge in [-0.3, -0.25) is 29.4 Å². The van der Waals surface area contributed by atoms with Gasteiger partial charge in [-0.25, -0.2) is 4.79 Å².